The molecule has 0 aromatic rings. The van der Waals surface area contributed by atoms with Gasteiger partial charge in [0.2, 0.25) is 0 Å². The third-order valence-electron chi connectivity index (χ3n) is 3.00. The Morgan fingerprint density at radius 3 is 2.60 bits per heavy atom. The predicted octanol–water partition coefficient (Wildman–Crippen LogP) is 1.07. The Hall–Kier alpha value is -0.160. The standard InChI is InChI=1S/C11H20O4/c12-9(8-11-14-6-7-15-11)3-4-10-2-1-5-13-10/h9-12H,1-8H2. The van der Waals surface area contributed by atoms with E-state index in [0.29, 0.717) is 25.7 Å². The second-order valence-corrected chi connectivity index (χ2v) is 4.27. The van der Waals surface area contributed by atoms with Gasteiger partial charge in [-0.2, -0.15) is 0 Å². The highest BCUT2D eigenvalue weighted by atomic mass is 16.7. The zero-order valence-corrected chi connectivity index (χ0v) is 9.06. The molecule has 0 aromatic heterocycles. The molecule has 2 fully saturated rings. The summed E-state index contributed by atoms with van der Waals surface area (Å²) in [5, 5.41) is 9.75. The average molecular weight is 216 g/mol. The van der Waals surface area contributed by atoms with Crippen molar-refractivity contribution in [1.82, 2.24) is 0 Å². The molecule has 88 valence electrons. The Morgan fingerprint density at radius 2 is 1.93 bits per heavy atom. The smallest absolute Gasteiger partial charge is 0.160 e. The predicted molar refractivity (Wildman–Crippen MR) is 54.5 cm³/mol. The minimum absolute atomic E-state index is 0.190. The van der Waals surface area contributed by atoms with Gasteiger partial charge in [-0.05, 0) is 25.7 Å². The van der Waals surface area contributed by atoms with E-state index in [1.165, 1.54) is 0 Å². The second-order valence-electron chi connectivity index (χ2n) is 4.27. The Labute approximate surface area is 90.5 Å². The van der Waals surface area contributed by atoms with Crippen LogP contribution in [-0.4, -0.2) is 43.4 Å². The molecule has 15 heavy (non-hydrogen) atoms. The lowest BCUT2D eigenvalue weighted by atomic mass is 10.1. The van der Waals surface area contributed by atoms with E-state index >= 15 is 0 Å². The Morgan fingerprint density at radius 1 is 1.13 bits per heavy atom. The summed E-state index contributed by atoms with van der Waals surface area (Å²) >= 11 is 0. The molecule has 0 amide bonds. The van der Waals surface area contributed by atoms with Gasteiger partial charge in [-0.15, -0.1) is 0 Å². The first-order valence-electron chi connectivity index (χ1n) is 5.87. The fourth-order valence-corrected chi connectivity index (χ4v) is 2.13. The van der Waals surface area contributed by atoms with Crippen LogP contribution in [0.4, 0.5) is 0 Å². The second kappa shape index (κ2) is 5.80. The van der Waals surface area contributed by atoms with Gasteiger partial charge in [0.15, 0.2) is 6.29 Å². The monoisotopic (exact) mass is 216 g/mol. The number of rotatable bonds is 5. The third kappa shape index (κ3) is 3.72. The van der Waals surface area contributed by atoms with Crippen LogP contribution < -0.4 is 0 Å². The van der Waals surface area contributed by atoms with E-state index in [-0.39, 0.29) is 12.4 Å². The molecule has 2 saturated heterocycles. The van der Waals surface area contributed by atoms with Gasteiger partial charge < -0.3 is 19.3 Å². The Balaban J connectivity index is 1.57. The largest absolute Gasteiger partial charge is 0.393 e. The van der Waals surface area contributed by atoms with Crippen molar-refractivity contribution >= 4 is 0 Å². The van der Waals surface area contributed by atoms with E-state index in [0.717, 1.165) is 32.3 Å². The molecule has 2 heterocycles. The lowest BCUT2D eigenvalue weighted by Gasteiger charge is -2.16. The summed E-state index contributed by atoms with van der Waals surface area (Å²) in [4.78, 5) is 0. The van der Waals surface area contributed by atoms with E-state index in [1.54, 1.807) is 0 Å². The van der Waals surface area contributed by atoms with Crippen LogP contribution in [-0.2, 0) is 14.2 Å². The van der Waals surface area contributed by atoms with E-state index in [1.807, 2.05) is 0 Å². The van der Waals surface area contributed by atoms with E-state index < -0.39 is 0 Å². The van der Waals surface area contributed by atoms with Gasteiger partial charge in [0, 0.05) is 13.0 Å². The Bertz CT molecular complexity index is 173. The zero-order valence-electron chi connectivity index (χ0n) is 9.06. The topological polar surface area (TPSA) is 47.9 Å². The normalized spacial score (nSPS) is 29.8. The summed E-state index contributed by atoms with van der Waals surface area (Å²) in [6, 6.07) is 0. The number of aliphatic hydroxyl groups is 1. The summed E-state index contributed by atoms with van der Waals surface area (Å²) in [5.41, 5.74) is 0. The van der Waals surface area contributed by atoms with Crippen molar-refractivity contribution in [3.05, 3.63) is 0 Å². The SMILES string of the molecule is OC(CCC1CCCO1)CC1OCCO1. The lowest BCUT2D eigenvalue weighted by molar-refractivity contribution is -0.0725. The fraction of sp³-hybridized carbons (Fsp3) is 1.00. The van der Waals surface area contributed by atoms with Crippen LogP contribution in [0, 0.1) is 0 Å². The molecule has 0 radical (unpaired) electrons. The molecule has 2 unspecified atom stereocenters. The van der Waals surface area contributed by atoms with Crippen LogP contribution in [0.3, 0.4) is 0 Å². The van der Waals surface area contributed by atoms with Crippen LogP contribution in [0.1, 0.15) is 32.1 Å². The maximum atomic E-state index is 9.75. The minimum atomic E-state index is -0.322. The minimum Gasteiger partial charge on any atom is -0.393 e. The van der Waals surface area contributed by atoms with Crippen molar-refractivity contribution in [2.45, 2.75) is 50.6 Å². The van der Waals surface area contributed by atoms with Crippen LogP contribution >= 0.6 is 0 Å². The molecule has 0 aromatic carbocycles. The van der Waals surface area contributed by atoms with Gasteiger partial charge in [-0.3, -0.25) is 0 Å². The summed E-state index contributed by atoms with van der Waals surface area (Å²) in [5.74, 6) is 0. The molecule has 4 heteroatoms. The van der Waals surface area contributed by atoms with Gasteiger partial charge in [-0.25, -0.2) is 0 Å². The fourth-order valence-electron chi connectivity index (χ4n) is 2.13. The van der Waals surface area contributed by atoms with Crippen molar-refractivity contribution in [3.8, 4) is 0 Å². The first kappa shape index (κ1) is 11.3. The van der Waals surface area contributed by atoms with Gasteiger partial charge in [0.05, 0.1) is 25.4 Å². The summed E-state index contributed by atoms with van der Waals surface area (Å²) in [7, 11) is 0. The molecule has 2 atom stereocenters. The molecule has 0 bridgehead atoms. The van der Waals surface area contributed by atoms with Gasteiger partial charge >= 0.3 is 0 Å². The number of hydrogen-bond acceptors (Lipinski definition) is 4. The first-order chi connectivity index (χ1) is 7.34. The van der Waals surface area contributed by atoms with Crippen LogP contribution in [0.5, 0.6) is 0 Å². The molecule has 0 spiro atoms. The molecule has 2 aliphatic heterocycles. The molecule has 0 aliphatic carbocycles. The van der Waals surface area contributed by atoms with Gasteiger partial charge in [0.1, 0.15) is 0 Å². The highest BCUT2D eigenvalue weighted by molar-refractivity contribution is 4.69. The summed E-state index contributed by atoms with van der Waals surface area (Å²) in [6.45, 7) is 2.20. The van der Waals surface area contributed by atoms with Gasteiger partial charge in [-0.1, -0.05) is 0 Å². The molecular formula is C11H20O4. The molecule has 4 nitrogen and oxygen atoms in total. The molecule has 0 saturated carbocycles. The average Bonchev–Trinajstić information content (AvgIpc) is 2.86. The van der Waals surface area contributed by atoms with E-state index in [2.05, 4.69) is 0 Å². The van der Waals surface area contributed by atoms with E-state index in [9.17, 15) is 5.11 Å². The first-order valence-corrected chi connectivity index (χ1v) is 5.87. The molecule has 2 aliphatic rings. The maximum absolute atomic E-state index is 9.75. The molecule has 2 rings (SSSR count). The zero-order chi connectivity index (χ0) is 10.5. The van der Waals surface area contributed by atoms with Crippen LogP contribution in [0.2, 0.25) is 0 Å². The van der Waals surface area contributed by atoms with Crippen molar-refractivity contribution < 1.29 is 19.3 Å². The summed E-state index contributed by atoms with van der Waals surface area (Å²) < 4.78 is 16.1. The highest BCUT2D eigenvalue weighted by Gasteiger charge is 2.22. The number of hydrogen-bond donors (Lipinski definition) is 1. The Kier molecular flexibility index (Phi) is 4.38. The van der Waals surface area contributed by atoms with E-state index in [4.69, 9.17) is 14.2 Å². The van der Waals surface area contributed by atoms with Crippen molar-refractivity contribution in [1.29, 1.82) is 0 Å². The van der Waals surface area contributed by atoms with Crippen molar-refractivity contribution in [3.63, 3.8) is 0 Å². The molecular weight excluding hydrogens is 196 g/mol. The molecule has 1 N–H and O–H groups in total. The quantitative estimate of drug-likeness (QED) is 0.746. The van der Waals surface area contributed by atoms with Gasteiger partial charge in [0.25, 0.3) is 0 Å². The third-order valence-corrected chi connectivity index (χ3v) is 3.00. The van der Waals surface area contributed by atoms with Crippen molar-refractivity contribution in [2.75, 3.05) is 19.8 Å². The maximum Gasteiger partial charge on any atom is 0.160 e. The van der Waals surface area contributed by atoms with Crippen LogP contribution in [0.25, 0.3) is 0 Å². The van der Waals surface area contributed by atoms with Crippen molar-refractivity contribution in [2.24, 2.45) is 0 Å². The lowest BCUT2D eigenvalue weighted by Crippen LogP contribution is -2.20. The summed E-state index contributed by atoms with van der Waals surface area (Å²) in [6.07, 6.45) is 4.49. The number of ether oxygens (including phenoxy) is 3. The highest BCUT2D eigenvalue weighted by Crippen LogP contribution is 2.20. The number of aliphatic hydroxyl groups excluding tert-OH is 1. The van der Waals surface area contributed by atoms with Crippen LogP contribution in [0.15, 0.2) is 0 Å².